The van der Waals surface area contributed by atoms with Crippen LogP contribution < -0.4 is 5.73 Å². The fourth-order valence-corrected chi connectivity index (χ4v) is 3.28. The molecule has 0 radical (unpaired) electrons. The van der Waals surface area contributed by atoms with E-state index in [0.29, 0.717) is 0 Å². The van der Waals surface area contributed by atoms with E-state index < -0.39 is 29.3 Å². The molecular weight excluding hydrogens is 390 g/mol. The van der Waals surface area contributed by atoms with E-state index in [-0.39, 0.29) is 6.61 Å². The number of nitrogens with two attached hydrogens (primary N) is 1. The molecule has 0 aromatic carbocycles. The van der Waals surface area contributed by atoms with Gasteiger partial charge in [-0.25, -0.2) is 0 Å². The van der Waals surface area contributed by atoms with E-state index >= 15 is 0 Å². The maximum absolute atomic E-state index is 12.5. The van der Waals surface area contributed by atoms with Crippen molar-refractivity contribution in [3.8, 4) is 0 Å². The molecule has 0 heterocycles. The Morgan fingerprint density at radius 1 is 0.903 bits per heavy atom. The van der Waals surface area contributed by atoms with E-state index in [1.165, 1.54) is 64.2 Å². The minimum atomic E-state index is -0.954. The Balaban J connectivity index is 4.18. The van der Waals surface area contributed by atoms with E-state index in [1.54, 1.807) is 19.9 Å². The van der Waals surface area contributed by atoms with Gasteiger partial charge in [-0.15, -0.1) is 0 Å². The molecule has 5 nitrogen and oxygen atoms in total. The van der Waals surface area contributed by atoms with Crippen LogP contribution in [0.3, 0.4) is 0 Å². The number of unbranched alkanes of at least 4 members (excludes halogenated alkanes) is 11. The maximum atomic E-state index is 12.5. The molecule has 1 unspecified atom stereocenters. The van der Waals surface area contributed by atoms with Gasteiger partial charge in [0.25, 0.3) is 0 Å². The van der Waals surface area contributed by atoms with Crippen molar-refractivity contribution in [3.63, 3.8) is 0 Å². The lowest BCUT2D eigenvalue weighted by atomic mass is 10.0. The topological polar surface area (TPSA) is 81.8 Å². The molecule has 31 heavy (non-hydrogen) atoms. The predicted octanol–water partition coefficient (Wildman–Crippen LogP) is 6.27. The third kappa shape index (κ3) is 19.5. The van der Waals surface area contributed by atoms with Crippen LogP contribution >= 0.6 is 0 Å². The monoisotopic (exact) mass is 441 g/mol. The number of ether oxygens (including phenoxy) is 2. The van der Waals surface area contributed by atoms with Crippen LogP contribution in [0.2, 0.25) is 0 Å². The van der Waals surface area contributed by atoms with Gasteiger partial charge in [0.15, 0.2) is 0 Å². The lowest BCUT2D eigenvalue weighted by Gasteiger charge is -2.28. The largest absolute Gasteiger partial charge is 0.460 e. The highest BCUT2D eigenvalue weighted by Crippen LogP contribution is 2.18. The number of aliphatic hydroxyl groups excluding tert-OH is 1. The Morgan fingerprint density at radius 3 is 1.84 bits per heavy atom. The number of carbonyl (C=O) groups is 1. The lowest BCUT2D eigenvalue weighted by Crippen LogP contribution is -2.42. The summed E-state index contributed by atoms with van der Waals surface area (Å²) in [6.07, 6.45) is 18.0. The van der Waals surface area contributed by atoms with Gasteiger partial charge >= 0.3 is 5.97 Å². The third-order valence-corrected chi connectivity index (χ3v) is 5.06. The molecule has 184 valence electrons. The van der Waals surface area contributed by atoms with Crippen LogP contribution in [0, 0.1) is 5.92 Å². The molecule has 0 aliphatic carbocycles. The lowest BCUT2D eigenvalue weighted by molar-refractivity contribution is -0.168. The SMILES string of the molecule is CCCCCCCCCCCCC/C=C/[C@@H](O)C(COC(C)(C)N)C(=O)OC(C)(C)C. The Kier molecular flexibility index (Phi) is 16.2. The van der Waals surface area contributed by atoms with E-state index in [0.717, 1.165) is 12.8 Å². The number of aliphatic hydroxyl groups is 1. The summed E-state index contributed by atoms with van der Waals surface area (Å²) < 4.78 is 11.0. The van der Waals surface area contributed by atoms with Gasteiger partial charge in [0.2, 0.25) is 0 Å². The van der Waals surface area contributed by atoms with Crippen molar-refractivity contribution in [2.75, 3.05) is 6.61 Å². The first-order chi connectivity index (χ1) is 14.5. The average molecular weight is 442 g/mol. The van der Waals surface area contributed by atoms with Crippen molar-refractivity contribution in [2.45, 2.75) is 136 Å². The van der Waals surface area contributed by atoms with Crippen molar-refractivity contribution >= 4 is 5.97 Å². The van der Waals surface area contributed by atoms with Gasteiger partial charge in [-0.2, -0.15) is 0 Å². The zero-order valence-electron chi connectivity index (χ0n) is 21.3. The summed E-state index contributed by atoms with van der Waals surface area (Å²) in [5.41, 5.74) is 4.37. The highest BCUT2D eigenvalue weighted by atomic mass is 16.6. The van der Waals surface area contributed by atoms with E-state index in [2.05, 4.69) is 6.92 Å². The van der Waals surface area contributed by atoms with Crippen molar-refractivity contribution in [2.24, 2.45) is 11.7 Å². The fourth-order valence-electron chi connectivity index (χ4n) is 3.28. The van der Waals surface area contributed by atoms with Crippen LogP contribution in [0.5, 0.6) is 0 Å². The second-order valence-electron chi connectivity index (χ2n) is 10.3. The molecular formula is C26H51NO4. The number of esters is 1. The summed E-state index contributed by atoms with van der Waals surface area (Å²) in [7, 11) is 0. The molecule has 0 amide bonds. The summed E-state index contributed by atoms with van der Waals surface area (Å²) >= 11 is 0. The summed E-state index contributed by atoms with van der Waals surface area (Å²) in [5.74, 6) is -1.26. The van der Waals surface area contributed by atoms with Gasteiger partial charge in [0.1, 0.15) is 17.2 Å². The standard InChI is InChI=1S/C26H51NO4/c1-7-8-9-10-11-12-13-14-15-16-17-18-19-20-23(28)22(21-30-26(5,6)27)24(29)31-25(2,3)4/h19-20,22-23,28H,7-18,21,27H2,1-6H3/b20-19+/t22?,23-/m1/s1. The number of hydrogen-bond donors (Lipinski definition) is 2. The molecule has 5 heteroatoms. The first-order valence-electron chi connectivity index (χ1n) is 12.5. The first kappa shape index (κ1) is 30.1. The van der Waals surface area contributed by atoms with Crippen LogP contribution in [-0.2, 0) is 14.3 Å². The van der Waals surface area contributed by atoms with Crippen molar-refractivity contribution < 1.29 is 19.4 Å². The highest BCUT2D eigenvalue weighted by molar-refractivity contribution is 5.74. The summed E-state index contributed by atoms with van der Waals surface area (Å²) in [6.45, 7) is 11.1. The molecule has 0 fully saturated rings. The first-order valence-corrected chi connectivity index (χ1v) is 12.5. The molecule has 0 aliphatic heterocycles. The zero-order chi connectivity index (χ0) is 23.8. The molecule has 2 atom stereocenters. The molecule has 0 spiro atoms. The smallest absolute Gasteiger partial charge is 0.314 e. The van der Waals surface area contributed by atoms with Crippen molar-refractivity contribution in [3.05, 3.63) is 12.2 Å². The summed E-state index contributed by atoms with van der Waals surface area (Å²) in [4.78, 5) is 12.5. The fraction of sp³-hybridized carbons (Fsp3) is 0.885. The minimum Gasteiger partial charge on any atom is -0.460 e. The van der Waals surface area contributed by atoms with Gasteiger partial charge in [0, 0.05) is 0 Å². The number of rotatable bonds is 18. The van der Waals surface area contributed by atoms with E-state index in [1.807, 2.05) is 26.8 Å². The second kappa shape index (κ2) is 16.7. The molecule has 0 aliphatic rings. The van der Waals surface area contributed by atoms with Gasteiger partial charge in [0.05, 0.1) is 12.7 Å². The Morgan fingerprint density at radius 2 is 1.39 bits per heavy atom. The average Bonchev–Trinajstić information content (AvgIpc) is 2.63. The summed E-state index contributed by atoms with van der Waals surface area (Å²) in [6, 6.07) is 0. The molecule has 3 N–H and O–H groups in total. The maximum Gasteiger partial charge on any atom is 0.314 e. The van der Waals surface area contributed by atoms with Crippen LogP contribution in [0.4, 0.5) is 0 Å². The van der Waals surface area contributed by atoms with Gasteiger partial charge < -0.3 is 20.3 Å². The van der Waals surface area contributed by atoms with Crippen LogP contribution in [0.25, 0.3) is 0 Å². The molecule has 0 bridgehead atoms. The Bertz CT molecular complexity index is 477. The van der Waals surface area contributed by atoms with Crippen LogP contribution in [0.15, 0.2) is 12.2 Å². The normalized spacial score (nSPS) is 14.7. The number of carbonyl (C=O) groups excluding carboxylic acids is 1. The minimum absolute atomic E-state index is 0.0162. The van der Waals surface area contributed by atoms with Crippen molar-refractivity contribution in [1.82, 2.24) is 0 Å². The number of hydrogen-bond acceptors (Lipinski definition) is 5. The summed E-state index contributed by atoms with van der Waals surface area (Å²) in [5, 5.41) is 10.5. The van der Waals surface area contributed by atoms with Gasteiger partial charge in [-0.1, -0.05) is 83.3 Å². The molecule has 0 saturated heterocycles. The highest BCUT2D eigenvalue weighted by Gasteiger charge is 2.31. The van der Waals surface area contributed by atoms with Crippen LogP contribution in [0.1, 0.15) is 119 Å². The van der Waals surface area contributed by atoms with E-state index in [4.69, 9.17) is 15.2 Å². The van der Waals surface area contributed by atoms with Crippen molar-refractivity contribution in [1.29, 1.82) is 0 Å². The molecule has 0 aromatic rings. The Labute approximate surface area is 192 Å². The van der Waals surface area contributed by atoms with Gasteiger partial charge in [-0.3, -0.25) is 4.79 Å². The zero-order valence-corrected chi connectivity index (χ0v) is 21.3. The molecule has 0 rings (SSSR count). The third-order valence-electron chi connectivity index (χ3n) is 5.06. The van der Waals surface area contributed by atoms with Gasteiger partial charge in [-0.05, 0) is 47.5 Å². The van der Waals surface area contributed by atoms with E-state index in [9.17, 15) is 9.90 Å². The quantitative estimate of drug-likeness (QED) is 0.113. The molecule has 0 aromatic heterocycles. The van der Waals surface area contributed by atoms with Crippen LogP contribution in [-0.4, -0.2) is 35.1 Å². The molecule has 0 saturated carbocycles. The number of allylic oxidation sites excluding steroid dienone is 1. The second-order valence-corrected chi connectivity index (χ2v) is 10.3. The Hall–Kier alpha value is -0.910. The predicted molar refractivity (Wildman–Crippen MR) is 130 cm³/mol.